The zero-order valence-electron chi connectivity index (χ0n) is 18.7. The first-order valence-corrected chi connectivity index (χ1v) is 11.0. The summed E-state index contributed by atoms with van der Waals surface area (Å²) in [6.07, 6.45) is 0. The molecular weight excluding hydrogens is 406 g/mol. The summed E-state index contributed by atoms with van der Waals surface area (Å²) in [5.41, 5.74) is 1.42. The topological polar surface area (TPSA) is 79.7 Å². The average Bonchev–Trinajstić information content (AvgIpc) is 2.82. The second-order valence-corrected chi connectivity index (χ2v) is 7.94. The van der Waals surface area contributed by atoms with E-state index in [1.54, 1.807) is 17.7 Å². The number of benzene rings is 2. The van der Waals surface area contributed by atoms with Crippen LogP contribution in [0.1, 0.15) is 25.7 Å². The van der Waals surface area contributed by atoms with Crippen LogP contribution in [0.3, 0.4) is 0 Å². The highest BCUT2D eigenvalue weighted by molar-refractivity contribution is 5.89. The largest absolute Gasteiger partial charge is 0.494 e. The van der Waals surface area contributed by atoms with Crippen LogP contribution >= 0.6 is 0 Å². The van der Waals surface area contributed by atoms with Crippen LogP contribution < -0.4 is 15.6 Å². The van der Waals surface area contributed by atoms with Crippen molar-refractivity contribution >= 4 is 22.6 Å². The quantitative estimate of drug-likeness (QED) is 0.666. The lowest BCUT2D eigenvalue weighted by Crippen LogP contribution is -2.51. The monoisotopic (exact) mass is 435 g/mol. The van der Waals surface area contributed by atoms with Gasteiger partial charge in [-0.2, -0.15) is 0 Å². The van der Waals surface area contributed by atoms with Gasteiger partial charge >= 0.3 is 6.03 Å². The summed E-state index contributed by atoms with van der Waals surface area (Å²) >= 11 is 0. The molecule has 0 aliphatic carbocycles. The molecule has 4 rings (SSSR count). The highest BCUT2D eigenvalue weighted by Gasteiger charge is 2.27. The Balaban J connectivity index is 1.39. The molecule has 0 saturated carbocycles. The summed E-state index contributed by atoms with van der Waals surface area (Å²) in [5.74, 6) is 1.52. The summed E-state index contributed by atoms with van der Waals surface area (Å²) in [6.45, 7) is 7.24. The van der Waals surface area contributed by atoms with Gasteiger partial charge in [0.2, 0.25) is 0 Å². The third-order valence-corrected chi connectivity index (χ3v) is 5.96. The van der Waals surface area contributed by atoms with Gasteiger partial charge in [0.25, 0.3) is 5.56 Å². The van der Waals surface area contributed by atoms with Crippen LogP contribution in [0.4, 0.5) is 10.5 Å². The van der Waals surface area contributed by atoms with Gasteiger partial charge in [-0.25, -0.2) is 9.78 Å². The lowest BCUT2D eigenvalue weighted by Gasteiger charge is -2.38. The van der Waals surface area contributed by atoms with Crippen LogP contribution in [-0.2, 0) is 7.05 Å². The number of urea groups is 1. The average molecular weight is 436 g/mol. The van der Waals surface area contributed by atoms with Crippen molar-refractivity contribution in [2.45, 2.75) is 19.9 Å². The number of hydrogen-bond donors (Lipinski definition) is 1. The van der Waals surface area contributed by atoms with Gasteiger partial charge in [0.1, 0.15) is 11.6 Å². The molecule has 1 saturated heterocycles. The Morgan fingerprint density at radius 2 is 1.78 bits per heavy atom. The van der Waals surface area contributed by atoms with Crippen molar-refractivity contribution in [3.05, 3.63) is 64.7 Å². The SMILES string of the molecule is CCOc1ccc(NC(=O)N2CCN(C(C)c3nc4ccccc4c(=O)n3C)CC2)cc1. The van der Waals surface area contributed by atoms with Gasteiger partial charge in [0.15, 0.2) is 0 Å². The van der Waals surface area contributed by atoms with Crippen LogP contribution in [0.25, 0.3) is 10.9 Å². The Morgan fingerprint density at radius 3 is 2.47 bits per heavy atom. The molecule has 0 spiro atoms. The smallest absolute Gasteiger partial charge is 0.321 e. The fourth-order valence-electron chi connectivity index (χ4n) is 4.09. The number of piperazine rings is 1. The Kier molecular flexibility index (Phi) is 6.41. The number of ether oxygens (including phenoxy) is 1. The maximum atomic E-state index is 12.7. The van der Waals surface area contributed by atoms with E-state index in [-0.39, 0.29) is 17.6 Å². The number of carbonyl (C=O) groups excluding carboxylic acids is 1. The van der Waals surface area contributed by atoms with Crippen molar-refractivity contribution in [1.29, 1.82) is 0 Å². The van der Waals surface area contributed by atoms with Gasteiger partial charge in [-0.1, -0.05) is 12.1 Å². The van der Waals surface area contributed by atoms with E-state index >= 15 is 0 Å². The van der Waals surface area contributed by atoms with E-state index in [9.17, 15) is 9.59 Å². The second kappa shape index (κ2) is 9.40. The molecule has 1 unspecified atom stereocenters. The molecule has 2 amide bonds. The lowest BCUT2D eigenvalue weighted by atomic mass is 10.2. The number of para-hydroxylation sites is 1. The van der Waals surface area contributed by atoms with Gasteiger partial charge in [-0.05, 0) is 50.2 Å². The Hall–Kier alpha value is -3.39. The predicted octanol–water partition coefficient (Wildman–Crippen LogP) is 3.24. The first-order valence-electron chi connectivity index (χ1n) is 11.0. The molecule has 168 valence electrons. The third kappa shape index (κ3) is 4.45. The van der Waals surface area contributed by atoms with E-state index in [0.717, 1.165) is 17.3 Å². The second-order valence-electron chi connectivity index (χ2n) is 7.94. The normalized spacial score (nSPS) is 15.5. The van der Waals surface area contributed by atoms with Crippen LogP contribution in [0, 0.1) is 0 Å². The van der Waals surface area contributed by atoms with E-state index in [4.69, 9.17) is 9.72 Å². The van der Waals surface area contributed by atoms with Gasteiger partial charge in [-0.3, -0.25) is 14.3 Å². The Bertz CT molecular complexity index is 1150. The van der Waals surface area contributed by atoms with Crippen molar-refractivity contribution in [3.8, 4) is 5.75 Å². The standard InChI is InChI=1S/C24H29N5O3/c1-4-32-19-11-9-18(10-12-19)25-24(31)29-15-13-28(14-16-29)17(2)22-26-21-8-6-5-7-20(21)23(30)27(22)3/h5-12,17H,4,13-16H2,1-3H3,(H,25,31). The Labute approximate surface area is 187 Å². The number of hydrogen-bond acceptors (Lipinski definition) is 5. The fraction of sp³-hybridized carbons (Fsp3) is 0.375. The lowest BCUT2D eigenvalue weighted by molar-refractivity contribution is 0.114. The van der Waals surface area contributed by atoms with Crippen molar-refractivity contribution in [3.63, 3.8) is 0 Å². The molecule has 0 radical (unpaired) electrons. The van der Waals surface area contributed by atoms with Crippen LogP contribution in [0.15, 0.2) is 53.3 Å². The highest BCUT2D eigenvalue weighted by atomic mass is 16.5. The number of fused-ring (bicyclic) bond motifs is 1. The first-order chi connectivity index (χ1) is 15.5. The molecule has 1 N–H and O–H groups in total. The maximum absolute atomic E-state index is 12.7. The van der Waals surface area contributed by atoms with E-state index in [1.807, 2.05) is 54.3 Å². The van der Waals surface area contributed by atoms with E-state index < -0.39 is 0 Å². The van der Waals surface area contributed by atoms with Crippen LogP contribution in [-0.4, -0.2) is 58.2 Å². The number of amides is 2. The minimum Gasteiger partial charge on any atom is -0.494 e. The molecule has 1 aliphatic rings. The maximum Gasteiger partial charge on any atom is 0.321 e. The van der Waals surface area contributed by atoms with Crippen molar-refractivity contribution < 1.29 is 9.53 Å². The fourth-order valence-corrected chi connectivity index (χ4v) is 4.09. The number of rotatable bonds is 5. The third-order valence-electron chi connectivity index (χ3n) is 5.96. The van der Waals surface area contributed by atoms with Gasteiger partial charge in [0, 0.05) is 38.9 Å². The number of anilines is 1. The molecule has 0 bridgehead atoms. The molecule has 3 aromatic rings. The zero-order chi connectivity index (χ0) is 22.7. The number of carbonyl (C=O) groups is 1. The molecule has 2 heterocycles. The van der Waals surface area contributed by atoms with Gasteiger partial charge in [-0.15, -0.1) is 0 Å². The molecule has 8 heteroatoms. The summed E-state index contributed by atoms with van der Waals surface area (Å²) in [6, 6.07) is 14.7. The van der Waals surface area contributed by atoms with Gasteiger partial charge in [0.05, 0.1) is 23.6 Å². The number of nitrogens with one attached hydrogen (secondary N) is 1. The van der Waals surface area contributed by atoms with Gasteiger partial charge < -0.3 is 15.0 Å². The predicted molar refractivity (Wildman–Crippen MR) is 125 cm³/mol. The number of nitrogens with zero attached hydrogens (tertiary/aromatic N) is 4. The van der Waals surface area contributed by atoms with Crippen molar-refractivity contribution in [1.82, 2.24) is 19.4 Å². The molecule has 2 aromatic carbocycles. The van der Waals surface area contributed by atoms with E-state index in [1.165, 1.54) is 0 Å². The van der Waals surface area contributed by atoms with E-state index in [2.05, 4.69) is 17.1 Å². The van der Waals surface area contributed by atoms with Crippen LogP contribution in [0.2, 0.25) is 0 Å². The minimum absolute atomic E-state index is 0.0337. The summed E-state index contributed by atoms with van der Waals surface area (Å²) in [7, 11) is 1.77. The van der Waals surface area contributed by atoms with Crippen LogP contribution in [0.5, 0.6) is 5.75 Å². The summed E-state index contributed by atoms with van der Waals surface area (Å²) < 4.78 is 7.07. The molecule has 8 nitrogen and oxygen atoms in total. The minimum atomic E-state index is -0.113. The molecule has 1 fully saturated rings. The van der Waals surface area contributed by atoms with E-state index in [0.29, 0.717) is 43.7 Å². The molecule has 1 aromatic heterocycles. The molecule has 1 aliphatic heterocycles. The highest BCUT2D eigenvalue weighted by Crippen LogP contribution is 2.21. The van der Waals surface area contributed by atoms with Crippen molar-refractivity contribution in [2.75, 3.05) is 38.1 Å². The molecule has 1 atom stereocenters. The molecule has 32 heavy (non-hydrogen) atoms. The first kappa shape index (κ1) is 21.8. The molecular formula is C24H29N5O3. The Morgan fingerprint density at radius 1 is 1.09 bits per heavy atom. The number of aromatic nitrogens is 2. The van der Waals surface area contributed by atoms with Crippen molar-refractivity contribution in [2.24, 2.45) is 7.05 Å². The summed E-state index contributed by atoms with van der Waals surface area (Å²) in [4.78, 5) is 34.3. The summed E-state index contributed by atoms with van der Waals surface area (Å²) in [5, 5.41) is 3.58. The zero-order valence-corrected chi connectivity index (χ0v) is 18.7.